The average Bonchev–Trinajstić information content (AvgIpc) is 3.29. The highest BCUT2D eigenvalue weighted by atomic mass is 35.5. The van der Waals surface area contributed by atoms with Crippen molar-refractivity contribution in [1.29, 1.82) is 0 Å². The number of carbonyl (C=O) groups excluding carboxylic acids is 1. The molecule has 0 saturated carbocycles. The van der Waals surface area contributed by atoms with Crippen LogP contribution >= 0.6 is 23.2 Å². The fourth-order valence-corrected chi connectivity index (χ4v) is 4.36. The number of nitrogens with zero attached hydrogens (tertiary/aromatic N) is 2. The van der Waals surface area contributed by atoms with Crippen molar-refractivity contribution in [3.63, 3.8) is 0 Å². The van der Waals surface area contributed by atoms with Gasteiger partial charge in [0, 0.05) is 26.9 Å². The highest BCUT2D eigenvalue weighted by Crippen LogP contribution is 2.46. The van der Waals surface area contributed by atoms with E-state index < -0.39 is 6.04 Å². The van der Waals surface area contributed by atoms with Gasteiger partial charge in [-0.25, -0.2) is 4.39 Å². The fraction of sp³-hybridized carbons (Fsp3) is 0.0435. The first-order valence-corrected chi connectivity index (χ1v) is 9.98. The van der Waals surface area contributed by atoms with Gasteiger partial charge in [-0.2, -0.15) is 5.10 Å². The number of aromatic amines is 1. The number of fused-ring (bicyclic) bond motifs is 1. The highest BCUT2D eigenvalue weighted by molar-refractivity contribution is 6.35. The van der Waals surface area contributed by atoms with Crippen LogP contribution in [0.4, 0.5) is 10.1 Å². The molecule has 4 nitrogen and oxygen atoms in total. The van der Waals surface area contributed by atoms with Crippen LogP contribution in [-0.4, -0.2) is 16.1 Å². The number of anilines is 1. The Labute approximate surface area is 181 Å². The Balaban J connectivity index is 1.75. The molecule has 148 valence electrons. The zero-order valence-corrected chi connectivity index (χ0v) is 17.0. The first kappa shape index (κ1) is 18.9. The van der Waals surface area contributed by atoms with Gasteiger partial charge in [0.2, 0.25) is 0 Å². The third kappa shape index (κ3) is 2.98. The van der Waals surface area contributed by atoms with Crippen molar-refractivity contribution < 1.29 is 9.18 Å². The zero-order chi connectivity index (χ0) is 20.8. The summed E-state index contributed by atoms with van der Waals surface area (Å²) < 4.78 is 13.5. The molecule has 1 atom stereocenters. The maximum absolute atomic E-state index is 13.5. The molecule has 30 heavy (non-hydrogen) atoms. The van der Waals surface area contributed by atoms with E-state index in [0.717, 1.165) is 11.3 Å². The summed E-state index contributed by atoms with van der Waals surface area (Å²) in [5.41, 5.74) is 3.81. The van der Waals surface area contributed by atoms with Crippen LogP contribution in [0, 0.1) is 5.82 Å². The van der Waals surface area contributed by atoms with Crippen molar-refractivity contribution in [2.75, 3.05) is 4.90 Å². The van der Waals surface area contributed by atoms with E-state index in [-0.39, 0.29) is 11.7 Å². The molecule has 0 spiro atoms. The number of rotatable bonds is 3. The summed E-state index contributed by atoms with van der Waals surface area (Å²) in [6.07, 6.45) is 0. The highest BCUT2D eigenvalue weighted by Gasteiger charge is 2.43. The van der Waals surface area contributed by atoms with Crippen LogP contribution in [0.2, 0.25) is 10.0 Å². The van der Waals surface area contributed by atoms with Gasteiger partial charge in [-0.05, 0) is 54.1 Å². The molecule has 7 heteroatoms. The number of halogens is 3. The molecular formula is C23H14Cl2FN3O. The van der Waals surface area contributed by atoms with E-state index in [9.17, 15) is 9.18 Å². The Morgan fingerprint density at radius 2 is 1.70 bits per heavy atom. The Kier molecular flexibility index (Phi) is 4.57. The lowest BCUT2D eigenvalue weighted by atomic mass is 9.95. The number of H-pyrrole nitrogens is 1. The molecule has 3 aromatic carbocycles. The van der Waals surface area contributed by atoms with Gasteiger partial charge in [0.1, 0.15) is 11.5 Å². The summed E-state index contributed by atoms with van der Waals surface area (Å²) in [6, 6.07) is 20.1. The molecule has 0 saturated heterocycles. The van der Waals surface area contributed by atoms with Crippen molar-refractivity contribution in [3.8, 4) is 11.3 Å². The van der Waals surface area contributed by atoms with E-state index in [1.54, 1.807) is 29.2 Å². The minimum absolute atomic E-state index is 0.215. The molecule has 2 heterocycles. The van der Waals surface area contributed by atoms with Gasteiger partial charge < -0.3 is 0 Å². The first-order chi connectivity index (χ1) is 14.5. The van der Waals surface area contributed by atoms with Gasteiger partial charge in [0.05, 0.1) is 11.7 Å². The maximum Gasteiger partial charge on any atom is 0.277 e. The lowest BCUT2D eigenvalue weighted by molar-refractivity contribution is 0.0989. The van der Waals surface area contributed by atoms with Crippen molar-refractivity contribution in [2.24, 2.45) is 0 Å². The van der Waals surface area contributed by atoms with Crippen LogP contribution < -0.4 is 4.90 Å². The largest absolute Gasteiger partial charge is 0.295 e. The van der Waals surface area contributed by atoms with E-state index in [0.29, 0.717) is 32.6 Å². The molecule has 0 bridgehead atoms. The summed E-state index contributed by atoms with van der Waals surface area (Å²) in [5, 5.41) is 8.20. The second kappa shape index (κ2) is 7.27. The predicted molar refractivity (Wildman–Crippen MR) is 116 cm³/mol. The molecule has 1 N–H and O–H groups in total. The molecule has 1 unspecified atom stereocenters. The third-order valence-electron chi connectivity index (χ3n) is 5.18. The smallest absolute Gasteiger partial charge is 0.277 e. The van der Waals surface area contributed by atoms with Crippen LogP contribution in [0.3, 0.4) is 0 Å². The second-order valence-corrected chi connectivity index (χ2v) is 7.79. The minimum Gasteiger partial charge on any atom is -0.295 e. The van der Waals surface area contributed by atoms with Crippen molar-refractivity contribution in [2.45, 2.75) is 6.04 Å². The summed E-state index contributed by atoms with van der Waals surface area (Å²) in [4.78, 5) is 15.1. The maximum atomic E-state index is 13.5. The molecule has 1 aliphatic rings. The van der Waals surface area contributed by atoms with Crippen molar-refractivity contribution in [1.82, 2.24) is 10.2 Å². The lowest BCUT2D eigenvalue weighted by Gasteiger charge is -2.27. The number of amides is 1. The summed E-state index contributed by atoms with van der Waals surface area (Å²) in [5.74, 6) is -0.557. The van der Waals surface area contributed by atoms with E-state index in [1.807, 2.05) is 36.4 Å². The van der Waals surface area contributed by atoms with Crippen molar-refractivity contribution in [3.05, 3.63) is 105 Å². The van der Waals surface area contributed by atoms with Crippen LogP contribution in [0.15, 0.2) is 72.8 Å². The average molecular weight is 438 g/mol. The van der Waals surface area contributed by atoms with Gasteiger partial charge in [-0.3, -0.25) is 14.8 Å². The Morgan fingerprint density at radius 3 is 2.40 bits per heavy atom. The van der Waals surface area contributed by atoms with Crippen LogP contribution in [-0.2, 0) is 0 Å². The van der Waals surface area contributed by atoms with Gasteiger partial charge in [0.15, 0.2) is 0 Å². The molecule has 0 aliphatic carbocycles. The number of hydrogen-bond donors (Lipinski definition) is 1. The second-order valence-electron chi connectivity index (χ2n) is 6.95. The van der Waals surface area contributed by atoms with Gasteiger partial charge >= 0.3 is 0 Å². The fourth-order valence-electron chi connectivity index (χ4n) is 3.85. The number of hydrogen-bond acceptors (Lipinski definition) is 2. The Bertz CT molecular complexity index is 1260. The molecule has 0 fully saturated rings. The van der Waals surface area contributed by atoms with Crippen molar-refractivity contribution >= 4 is 34.8 Å². The number of aromatic nitrogens is 2. The Morgan fingerprint density at radius 1 is 0.967 bits per heavy atom. The Hall–Kier alpha value is -3.15. The molecule has 4 aromatic rings. The van der Waals surface area contributed by atoms with E-state index >= 15 is 0 Å². The summed E-state index contributed by atoms with van der Waals surface area (Å²) in [6.45, 7) is 0. The zero-order valence-electron chi connectivity index (χ0n) is 15.4. The van der Waals surface area contributed by atoms with Gasteiger partial charge in [-0.15, -0.1) is 0 Å². The SMILES string of the molecule is O=C1c2[nH]nc(-c3ccc(F)cc3)c2C(c2ccc(Cl)cc2Cl)N1c1ccccc1. The number of benzene rings is 3. The van der Waals surface area contributed by atoms with E-state index in [2.05, 4.69) is 10.2 Å². The predicted octanol–water partition coefficient (Wildman–Crippen LogP) is 6.27. The lowest BCUT2D eigenvalue weighted by Crippen LogP contribution is -2.29. The summed E-state index contributed by atoms with van der Waals surface area (Å²) >= 11 is 12.7. The van der Waals surface area contributed by atoms with E-state index in [4.69, 9.17) is 23.2 Å². The molecule has 5 rings (SSSR count). The first-order valence-electron chi connectivity index (χ1n) is 9.22. The van der Waals surface area contributed by atoms with Gasteiger partial charge in [-0.1, -0.05) is 47.5 Å². The van der Waals surface area contributed by atoms with Crippen LogP contribution in [0.1, 0.15) is 27.7 Å². The number of para-hydroxylation sites is 1. The molecular weight excluding hydrogens is 424 g/mol. The monoisotopic (exact) mass is 437 g/mol. The molecule has 1 amide bonds. The van der Waals surface area contributed by atoms with Crippen LogP contribution in [0.25, 0.3) is 11.3 Å². The quantitative estimate of drug-likeness (QED) is 0.410. The van der Waals surface area contributed by atoms with E-state index in [1.165, 1.54) is 12.1 Å². The molecule has 1 aromatic heterocycles. The normalized spacial score (nSPS) is 15.5. The number of nitrogens with one attached hydrogen (secondary N) is 1. The number of carbonyl (C=O) groups is 1. The molecule has 0 radical (unpaired) electrons. The van der Waals surface area contributed by atoms with Crippen LogP contribution in [0.5, 0.6) is 0 Å². The van der Waals surface area contributed by atoms with Gasteiger partial charge in [0.25, 0.3) is 5.91 Å². The minimum atomic E-state index is -0.515. The standard InChI is InChI=1S/C23H14Cl2FN3O/c24-14-8-11-17(18(25)12-14)22-19-20(13-6-9-15(26)10-7-13)27-28-21(19)23(30)29(22)16-4-2-1-3-5-16/h1-12,22H,(H,27,28). The third-order valence-corrected chi connectivity index (χ3v) is 5.74. The molecule has 1 aliphatic heterocycles. The topological polar surface area (TPSA) is 49.0 Å². The summed E-state index contributed by atoms with van der Waals surface area (Å²) in [7, 11) is 0.